The summed E-state index contributed by atoms with van der Waals surface area (Å²) in [5, 5.41) is 3.95. The summed E-state index contributed by atoms with van der Waals surface area (Å²) in [6.07, 6.45) is 3.35. The third kappa shape index (κ3) is 6.27. The van der Waals surface area contributed by atoms with Crippen molar-refractivity contribution in [2.75, 3.05) is 59.3 Å². The van der Waals surface area contributed by atoms with Crippen molar-refractivity contribution in [3.8, 4) is 11.5 Å². The number of fused-ring (bicyclic) bond motifs is 1. The second kappa shape index (κ2) is 12.2. The van der Waals surface area contributed by atoms with E-state index >= 15 is 0 Å². The summed E-state index contributed by atoms with van der Waals surface area (Å²) in [5.41, 5.74) is 1.24. The monoisotopic (exact) mass is 508 g/mol. The first kappa shape index (κ1) is 26.0. The molecule has 0 bridgehead atoms. The van der Waals surface area contributed by atoms with Gasteiger partial charge in [-0.1, -0.05) is 0 Å². The summed E-state index contributed by atoms with van der Waals surface area (Å²) < 4.78 is 48.8. The Hall–Kier alpha value is -2.64. The molecule has 0 spiro atoms. The van der Waals surface area contributed by atoms with Crippen LogP contribution in [-0.4, -0.2) is 72.3 Å². The summed E-state index contributed by atoms with van der Waals surface area (Å²) >= 11 is 1.49. The van der Waals surface area contributed by atoms with E-state index in [1.165, 1.54) is 25.1 Å². The van der Waals surface area contributed by atoms with Crippen molar-refractivity contribution in [3.63, 3.8) is 0 Å². The molecule has 10 nitrogen and oxygen atoms in total. The fraction of sp³-hybridized carbons (Fsp3) is 0.364. The van der Waals surface area contributed by atoms with Crippen molar-refractivity contribution in [2.45, 2.75) is 9.79 Å². The van der Waals surface area contributed by atoms with Gasteiger partial charge in [-0.2, -0.15) is 0 Å². The van der Waals surface area contributed by atoms with Crippen molar-refractivity contribution in [1.29, 1.82) is 0 Å². The number of methoxy groups -OCH3 is 2. The van der Waals surface area contributed by atoms with Gasteiger partial charge in [0, 0.05) is 30.6 Å². The van der Waals surface area contributed by atoms with Crippen molar-refractivity contribution >= 4 is 44.2 Å². The van der Waals surface area contributed by atoms with Crippen LogP contribution in [0.1, 0.15) is 0 Å². The van der Waals surface area contributed by atoms with Gasteiger partial charge >= 0.3 is 0 Å². The third-order valence-electron chi connectivity index (χ3n) is 4.79. The molecule has 0 radical (unpaired) electrons. The Balaban J connectivity index is 2.04. The lowest BCUT2D eigenvalue weighted by molar-refractivity contribution is 0.132. The maximum Gasteiger partial charge on any atom is 0.240 e. The van der Waals surface area contributed by atoms with E-state index in [0.29, 0.717) is 60.3 Å². The molecular weight excluding hydrogens is 480 g/mol. The molecule has 0 unspecified atom stereocenters. The average molecular weight is 509 g/mol. The molecule has 3 rings (SSSR count). The van der Waals surface area contributed by atoms with Gasteiger partial charge in [-0.15, -0.1) is 11.8 Å². The highest BCUT2D eigenvalue weighted by molar-refractivity contribution is 7.98. The lowest BCUT2D eigenvalue weighted by Gasteiger charge is -2.16. The molecule has 34 heavy (non-hydrogen) atoms. The molecule has 0 atom stereocenters. The third-order valence-corrected chi connectivity index (χ3v) is 7.00. The first-order valence-electron chi connectivity index (χ1n) is 10.3. The fourth-order valence-corrected chi connectivity index (χ4v) is 4.35. The summed E-state index contributed by atoms with van der Waals surface area (Å²) in [4.78, 5) is 9.77. The van der Waals surface area contributed by atoms with Gasteiger partial charge in [-0.05, 0) is 37.6 Å². The number of nitrogens with one attached hydrogen (secondary N) is 2. The highest BCUT2D eigenvalue weighted by Crippen LogP contribution is 2.36. The van der Waals surface area contributed by atoms with E-state index < -0.39 is 10.0 Å². The maximum absolute atomic E-state index is 12.3. The smallest absolute Gasteiger partial charge is 0.240 e. The predicted octanol–water partition coefficient (Wildman–Crippen LogP) is 3.05. The maximum atomic E-state index is 12.3. The Morgan fingerprint density at radius 3 is 2.24 bits per heavy atom. The summed E-state index contributed by atoms with van der Waals surface area (Å²) in [6, 6.07) is 8.46. The number of ether oxygens (including phenoxy) is 4. The molecule has 2 N–H and O–H groups in total. The minimum atomic E-state index is -3.61. The van der Waals surface area contributed by atoms with Crippen molar-refractivity contribution < 1.29 is 27.4 Å². The van der Waals surface area contributed by atoms with Gasteiger partial charge in [0.2, 0.25) is 10.0 Å². The quantitative estimate of drug-likeness (QED) is 0.263. The van der Waals surface area contributed by atoms with Crippen LogP contribution in [0.4, 0.5) is 11.5 Å². The van der Waals surface area contributed by atoms with Crippen LogP contribution in [-0.2, 0) is 19.5 Å². The molecular formula is C22H28N4O6S2. The lowest BCUT2D eigenvalue weighted by atomic mass is 10.2. The standard InChI is InChI=1S/C22H28N4O6S2/c1-23-34(27,28)15-5-6-21(33-4)18(11-15)26-22-16-12-19(31-9-7-29-2)20(32-10-8-30-3)13-17(16)24-14-25-22/h5-6,11-14,23H,7-10H2,1-4H3,(H,24,25,26). The predicted molar refractivity (Wildman–Crippen MR) is 132 cm³/mol. The SMILES string of the molecule is CNS(=O)(=O)c1ccc(SC)c(Nc2ncnc3cc(OCCOC)c(OCCOC)cc23)c1. The minimum Gasteiger partial charge on any atom is -0.487 e. The van der Waals surface area contributed by atoms with Crippen LogP contribution >= 0.6 is 11.8 Å². The summed E-state index contributed by atoms with van der Waals surface area (Å²) in [6.45, 7) is 1.52. The molecule has 184 valence electrons. The molecule has 0 fully saturated rings. The Labute approximate surface area is 203 Å². The van der Waals surface area contributed by atoms with E-state index in [4.69, 9.17) is 18.9 Å². The number of benzene rings is 2. The van der Waals surface area contributed by atoms with Crippen molar-refractivity contribution in [2.24, 2.45) is 0 Å². The topological polar surface area (TPSA) is 121 Å². The van der Waals surface area contributed by atoms with Gasteiger partial charge in [-0.25, -0.2) is 23.1 Å². The fourth-order valence-electron chi connectivity index (χ4n) is 3.06. The number of anilines is 2. The highest BCUT2D eigenvalue weighted by Gasteiger charge is 2.17. The van der Waals surface area contributed by atoms with Crippen LogP contribution in [0.3, 0.4) is 0 Å². The molecule has 0 amide bonds. The Bertz CT molecular complexity index is 1220. The number of rotatable bonds is 13. The van der Waals surface area contributed by atoms with Crippen LogP contribution in [0, 0.1) is 0 Å². The zero-order valence-electron chi connectivity index (χ0n) is 19.5. The summed E-state index contributed by atoms with van der Waals surface area (Å²) in [5.74, 6) is 1.53. The van der Waals surface area contributed by atoms with Crippen LogP contribution in [0.2, 0.25) is 0 Å². The van der Waals surface area contributed by atoms with Crippen LogP contribution in [0.15, 0.2) is 46.5 Å². The van der Waals surface area contributed by atoms with Crippen molar-refractivity contribution in [3.05, 3.63) is 36.7 Å². The van der Waals surface area contributed by atoms with E-state index in [9.17, 15) is 8.42 Å². The largest absolute Gasteiger partial charge is 0.487 e. The van der Waals surface area contributed by atoms with E-state index in [0.717, 1.165) is 4.90 Å². The van der Waals surface area contributed by atoms with Gasteiger partial charge in [0.05, 0.1) is 29.3 Å². The second-order valence-electron chi connectivity index (χ2n) is 6.92. The van der Waals surface area contributed by atoms with E-state index in [-0.39, 0.29) is 4.90 Å². The normalized spacial score (nSPS) is 11.5. The molecule has 1 heterocycles. The zero-order chi connectivity index (χ0) is 24.6. The number of nitrogens with zero attached hydrogens (tertiary/aromatic N) is 2. The zero-order valence-corrected chi connectivity index (χ0v) is 21.1. The Kier molecular flexibility index (Phi) is 9.30. The van der Waals surface area contributed by atoms with Crippen LogP contribution in [0.5, 0.6) is 11.5 Å². The van der Waals surface area contributed by atoms with E-state index in [1.54, 1.807) is 44.6 Å². The van der Waals surface area contributed by atoms with Crippen molar-refractivity contribution in [1.82, 2.24) is 14.7 Å². The number of sulfonamides is 1. The second-order valence-corrected chi connectivity index (χ2v) is 9.65. The molecule has 0 aliphatic rings. The average Bonchev–Trinajstić information content (AvgIpc) is 2.84. The molecule has 3 aromatic rings. The van der Waals surface area contributed by atoms with Crippen LogP contribution < -0.4 is 19.5 Å². The first-order valence-corrected chi connectivity index (χ1v) is 13.0. The van der Waals surface area contributed by atoms with E-state index in [1.807, 2.05) is 6.26 Å². The lowest BCUT2D eigenvalue weighted by Crippen LogP contribution is -2.18. The Morgan fingerprint density at radius 1 is 0.941 bits per heavy atom. The minimum absolute atomic E-state index is 0.145. The number of hydrogen-bond donors (Lipinski definition) is 2. The highest BCUT2D eigenvalue weighted by atomic mass is 32.2. The molecule has 0 saturated carbocycles. The van der Waals surface area contributed by atoms with Gasteiger partial charge in [0.15, 0.2) is 11.5 Å². The molecule has 2 aromatic carbocycles. The van der Waals surface area contributed by atoms with Gasteiger partial charge in [0.25, 0.3) is 0 Å². The molecule has 12 heteroatoms. The van der Waals surface area contributed by atoms with E-state index in [2.05, 4.69) is 20.0 Å². The molecule has 0 saturated heterocycles. The number of thioether (sulfide) groups is 1. The van der Waals surface area contributed by atoms with Gasteiger partial charge in [0.1, 0.15) is 25.4 Å². The van der Waals surface area contributed by atoms with Gasteiger partial charge < -0.3 is 24.3 Å². The molecule has 0 aliphatic carbocycles. The molecule has 1 aromatic heterocycles. The first-order chi connectivity index (χ1) is 16.4. The Morgan fingerprint density at radius 2 is 1.62 bits per heavy atom. The van der Waals surface area contributed by atoms with Gasteiger partial charge in [-0.3, -0.25) is 0 Å². The number of aromatic nitrogens is 2. The number of hydrogen-bond acceptors (Lipinski definition) is 10. The van der Waals surface area contributed by atoms with Crippen LogP contribution in [0.25, 0.3) is 10.9 Å². The molecule has 0 aliphatic heterocycles. The summed E-state index contributed by atoms with van der Waals surface area (Å²) in [7, 11) is 0.968.